The van der Waals surface area contributed by atoms with Crippen LogP contribution in [-0.4, -0.2) is 43.7 Å². The number of hydrogen-bond donors (Lipinski definition) is 1. The number of H-pyrrole nitrogens is 1. The maximum atomic E-state index is 13.4. The molecule has 1 aliphatic heterocycles. The Balaban J connectivity index is 0.000000829. The second kappa shape index (κ2) is 16.4. The van der Waals surface area contributed by atoms with Gasteiger partial charge in [-0.3, -0.25) is 4.79 Å². The van der Waals surface area contributed by atoms with Crippen molar-refractivity contribution in [1.82, 2.24) is 10.0 Å². The first kappa shape index (κ1) is 32.5. The summed E-state index contributed by atoms with van der Waals surface area (Å²) in [6.45, 7) is 16.6. The second-order valence-electron chi connectivity index (χ2n) is 7.66. The van der Waals surface area contributed by atoms with Gasteiger partial charge in [0, 0.05) is 43.0 Å². The molecule has 0 aliphatic carbocycles. The fourth-order valence-electron chi connectivity index (χ4n) is 4.25. The minimum Gasteiger partial charge on any atom is -0.496 e. The minimum atomic E-state index is -0.0441. The lowest BCUT2D eigenvalue weighted by Crippen LogP contribution is -2.29. The lowest BCUT2D eigenvalue weighted by atomic mass is 10.0. The maximum Gasteiger partial charge on any atom is 0.274 e. The van der Waals surface area contributed by atoms with E-state index in [1.54, 1.807) is 12.2 Å². The van der Waals surface area contributed by atoms with E-state index in [1.807, 2.05) is 117 Å². The Morgan fingerprint density at radius 3 is 2.11 bits per heavy atom. The third-order valence-corrected chi connectivity index (χ3v) is 5.55. The normalized spacial score (nSPS) is 11.1. The van der Waals surface area contributed by atoms with E-state index < -0.39 is 0 Å². The average molecular weight is 522 g/mol. The van der Waals surface area contributed by atoms with Crippen LogP contribution in [0.3, 0.4) is 0 Å². The summed E-state index contributed by atoms with van der Waals surface area (Å²) in [5.41, 5.74) is 3.58. The van der Waals surface area contributed by atoms with Crippen LogP contribution in [0.4, 0.5) is 5.69 Å². The molecule has 208 valence electrons. The Morgan fingerprint density at radius 1 is 0.868 bits per heavy atom. The van der Waals surface area contributed by atoms with Gasteiger partial charge in [0.25, 0.3) is 5.91 Å². The van der Waals surface area contributed by atoms with Gasteiger partial charge in [0.2, 0.25) is 0 Å². The molecular weight excluding hydrogens is 474 g/mol. The SMILES string of the molecule is CC.CC.CC.CC.COc1cc2c(c3ccccc13)CCN2C(=O)c1cc2cc(ON(C)C)ccc2[nH]1. The maximum absolute atomic E-state index is 13.4. The first-order valence-corrected chi connectivity index (χ1v) is 13.9. The molecule has 0 saturated heterocycles. The van der Waals surface area contributed by atoms with Gasteiger partial charge in [-0.1, -0.05) is 79.7 Å². The summed E-state index contributed by atoms with van der Waals surface area (Å²) < 4.78 is 5.62. The van der Waals surface area contributed by atoms with Gasteiger partial charge in [-0.2, -0.15) is 5.06 Å². The number of rotatable bonds is 4. The number of amides is 1. The van der Waals surface area contributed by atoms with Crippen molar-refractivity contribution in [2.45, 2.75) is 61.8 Å². The second-order valence-corrected chi connectivity index (χ2v) is 7.66. The zero-order valence-corrected chi connectivity index (χ0v) is 25.2. The molecule has 0 saturated carbocycles. The number of fused-ring (bicyclic) bond motifs is 4. The molecule has 0 spiro atoms. The van der Waals surface area contributed by atoms with Crippen LogP contribution in [0.25, 0.3) is 21.7 Å². The molecule has 0 bridgehead atoms. The zero-order valence-electron chi connectivity index (χ0n) is 25.2. The van der Waals surface area contributed by atoms with Gasteiger partial charge in [0.1, 0.15) is 17.2 Å². The number of carbonyl (C=O) groups is 1. The summed E-state index contributed by atoms with van der Waals surface area (Å²) in [4.78, 5) is 24.1. The molecule has 38 heavy (non-hydrogen) atoms. The van der Waals surface area contributed by atoms with E-state index in [0.717, 1.165) is 45.3 Å². The molecule has 1 aliphatic rings. The molecule has 5 rings (SSSR count). The molecule has 4 aromatic rings. The predicted molar refractivity (Wildman–Crippen MR) is 164 cm³/mol. The van der Waals surface area contributed by atoms with E-state index >= 15 is 0 Å². The van der Waals surface area contributed by atoms with Gasteiger partial charge < -0.3 is 19.5 Å². The summed E-state index contributed by atoms with van der Waals surface area (Å²) in [6, 6.07) is 17.8. The first-order valence-electron chi connectivity index (χ1n) is 13.9. The van der Waals surface area contributed by atoms with Gasteiger partial charge in [-0.25, -0.2) is 0 Å². The number of carbonyl (C=O) groups excluding carboxylic acids is 1. The lowest BCUT2D eigenvalue weighted by molar-refractivity contribution is -0.00310. The van der Waals surface area contributed by atoms with Crippen LogP contribution in [0.5, 0.6) is 11.5 Å². The standard InChI is InChI=1S/C24H23N3O3.4C2H6/c1-26(2)30-16-8-9-20-15(12-16)13-21(25-20)24(28)27-11-10-18-17-6-4-5-7-19(17)23(29-3)14-22(18)27;4*1-2/h4-9,12-14,25H,10-11H2,1-3H3;4*1-2H3. The molecule has 1 aromatic heterocycles. The number of aromatic amines is 1. The number of hydroxylamine groups is 2. The summed E-state index contributed by atoms with van der Waals surface area (Å²) >= 11 is 0. The predicted octanol–water partition coefficient (Wildman–Crippen LogP) is 8.49. The van der Waals surface area contributed by atoms with E-state index in [9.17, 15) is 4.79 Å². The van der Waals surface area contributed by atoms with Crippen molar-refractivity contribution in [2.75, 3.05) is 32.6 Å². The van der Waals surface area contributed by atoms with Crippen molar-refractivity contribution < 1.29 is 14.4 Å². The van der Waals surface area contributed by atoms with Crippen LogP contribution in [0.2, 0.25) is 0 Å². The number of benzene rings is 3. The Hall–Kier alpha value is -3.51. The number of ether oxygens (including phenoxy) is 1. The van der Waals surface area contributed by atoms with Crippen molar-refractivity contribution in [1.29, 1.82) is 0 Å². The van der Waals surface area contributed by atoms with Crippen molar-refractivity contribution in [3.05, 3.63) is 65.9 Å². The highest BCUT2D eigenvalue weighted by atomic mass is 16.7. The topological polar surface area (TPSA) is 57.8 Å². The first-order chi connectivity index (χ1) is 18.5. The van der Waals surface area contributed by atoms with Crippen LogP contribution in [0.1, 0.15) is 71.4 Å². The van der Waals surface area contributed by atoms with E-state index in [1.165, 1.54) is 5.56 Å². The molecule has 6 heteroatoms. The van der Waals surface area contributed by atoms with Crippen molar-refractivity contribution in [2.24, 2.45) is 0 Å². The molecular formula is C32H47N3O3. The lowest BCUT2D eigenvalue weighted by Gasteiger charge is -2.18. The van der Waals surface area contributed by atoms with Crippen molar-refractivity contribution in [3.8, 4) is 11.5 Å². The number of methoxy groups -OCH3 is 1. The fourth-order valence-corrected chi connectivity index (χ4v) is 4.25. The molecule has 0 atom stereocenters. The molecule has 0 radical (unpaired) electrons. The zero-order chi connectivity index (χ0) is 28.8. The van der Waals surface area contributed by atoms with Gasteiger partial charge in [-0.05, 0) is 41.6 Å². The molecule has 6 nitrogen and oxygen atoms in total. The summed E-state index contributed by atoms with van der Waals surface area (Å²) in [6.07, 6.45) is 0.826. The van der Waals surface area contributed by atoms with Crippen LogP contribution < -0.4 is 14.5 Å². The Labute approximate surface area is 229 Å². The van der Waals surface area contributed by atoms with Gasteiger partial charge in [0.05, 0.1) is 12.8 Å². The van der Waals surface area contributed by atoms with Gasteiger partial charge >= 0.3 is 0 Å². The monoisotopic (exact) mass is 521 g/mol. The molecule has 0 unspecified atom stereocenters. The summed E-state index contributed by atoms with van der Waals surface area (Å²) in [5.74, 6) is 1.47. The van der Waals surface area contributed by atoms with Crippen LogP contribution in [0.15, 0.2) is 54.6 Å². The summed E-state index contributed by atoms with van der Waals surface area (Å²) in [7, 11) is 5.33. The largest absolute Gasteiger partial charge is 0.496 e. The van der Waals surface area contributed by atoms with Crippen LogP contribution >= 0.6 is 0 Å². The van der Waals surface area contributed by atoms with E-state index in [2.05, 4.69) is 17.1 Å². The third-order valence-electron chi connectivity index (χ3n) is 5.55. The highest BCUT2D eigenvalue weighted by Crippen LogP contribution is 2.40. The molecule has 1 amide bonds. The van der Waals surface area contributed by atoms with E-state index in [-0.39, 0.29) is 5.91 Å². The van der Waals surface area contributed by atoms with Crippen LogP contribution in [0, 0.1) is 0 Å². The number of anilines is 1. The highest BCUT2D eigenvalue weighted by molar-refractivity contribution is 6.11. The number of hydrogen-bond acceptors (Lipinski definition) is 4. The van der Waals surface area contributed by atoms with E-state index in [4.69, 9.17) is 9.57 Å². The highest BCUT2D eigenvalue weighted by Gasteiger charge is 2.29. The molecule has 3 aromatic carbocycles. The number of aromatic nitrogens is 1. The Bertz CT molecular complexity index is 1280. The summed E-state index contributed by atoms with van der Waals surface area (Å²) in [5, 5.41) is 4.79. The van der Waals surface area contributed by atoms with Crippen LogP contribution in [-0.2, 0) is 6.42 Å². The van der Waals surface area contributed by atoms with Crippen molar-refractivity contribution in [3.63, 3.8) is 0 Å². The Morgan fingerprint density at radius 2 is 1.50 bits per heavy atom. The third kappa shape index (κ3) is 7.07. The molecule has 2 heterocycles. The Kier molecular flexibility index (Phi) is 14.0. The fraction of sp³-hybridized carbons (Fsp3) is 0.406. The minimum absolute atomic E-state index is 0.0441. The van der Waals surface area contributed by atoms with Gasteiger partial charge in [-0.15, -0.1) is 0 Å². The van der Waals surface area contributed by atoms with Gasteiger partial charge in [0.15, 0.2) is 0 Å². The number of nitrogens with zero attached hydrogens (tertiary/aromatic N) is 2. The molecule has 1 N–H and O–H groups in total. The average Bonchev–Trinajstić information content (AvgIpc) is 3.60. The quantitative estimate of drug-likeness (QED) is 0.274. The van der Waals surface area contributed by atoms with Crippen molar-refractivity contribution >= 4 is 33.3 Å². The number of nitrogens with one attached hydrogen (secondary N) is 1. The molecule has 0 fully saturated rings. The smallest absolute Gasteiger partial charge is 0.274 e. The van der Waals surface area contributed by atoms with E-state index in [0.29, 0.717) is 12.2 Å².